The van der Waals surface area contributed by atoms with Crippen molar-refractivity contribution in [3.63, 3.8) is 0 Å². The maximum atomic E-state index is 14.0. The molecule has 0 bridgehead atoms. The van der Waals surface area contributed by atoms with Gasteiger partial charge in [0.1, 0.15) is 5.67 Å². The fourth-order valence-electron chi connectivity index (χ4n) is 1.84. The van der Waals surface area contributed by atoms with E-state index in [-0.39, 0.29) is 0 Å². The molecule has 1 aromatic rings. The lowest BCUT2D eigenvalue weighted by molar-refractivity contribution is 0.122. The highest BCUT2D eigenvalue weighted by atomic mass is 19.1. The summed E-state index contributed by atoms with van der Waals surface area (Å²) in [5, 5.41) is 3.08. The summed E-state index contributed by atoms with van der Waals surface area (Å²) in [7, 11) is 0. The highest BCUT2D eigenvalue weighted by Gasteiger charge is 2.31. The van der Waals surface area contributed by atoms with Crippen LogP contribution in [0, 0.1) is 0 Å². The van der Waals surface area contributed by atoms with Gasteiger partial charge in [0.2, 0.25) is 0 Å². The molecule has 0 spiro atoms. The lowest BCUT2D eigenvalue weighted by atomic mass is 9.90. The lowest BCUT2D eigenvalue weighted by Crippen LogP contribution is -2.43. The van der Waals surface area contributed by atoms with Gasteiger partial charge in [0.25, 0.3) is 0 Å². The molecule has 2 heterocycles. The Hall–Kier alpha value is -0.830. The Morgan fingerprint density at radius 2 is 2.54 bits per heavy atom. The molecule has 0 radical (unpaired) electrons. The third-order valence-electron chi connectivity index (χ3n) is 2.52. The second kappa shape index (κ2) is 3.50. The van der Waals surface area contributed by atoms with E-state index in [4.69, 9.17) is 4.42 Å². The maximum Gasteiger partial charge on any atom is 0.127 e. The van der Waals surface area contributed by atoms with E-state index in [1.807, 2.05) is 6.07 Å². The predicted molar refractivity (Wildman–Crippen MR) is 48.4 cm³/mol. The van der Waals surface area contributed by atoms with Crippen molar-refractivity contribution in [2.75, 3.05) is 13.1 Å². The molecule has 1 N–H and O–H groups in total. The Labute approximate surface area is 77.1 Å². The molecule has 0 amide bonds. The molecule has 1 aliphatic heterocycles. The summed E-state index contributed by atoms with van der Waals surface area (Å²) in [6.45, 7) is 1.41. The van der Waals surface area contributed by atoms with Crippen molar-refractivity contribution in [1.82, 2.24) is 5.32 Å². The molecule has 2 rings (SSSR count). The van der Waals surface area contributed by atoms with Gasteiger partial charge in [-0.05, 0) is 31.0 Å². The summed E-state index contributed by atoms with van der Waals surface area (Å²) >= 11 is 0. The summed E-state index contributed by atoms with van der Waals surface area (Å²) in [5.41, 5.74) is -0.117. The van der Waals surface area contributed by atoms with E-state index in [1.54, 1.807) is 12.5 Å². The van der Waals surface area contributed by atoms with E-state index in [1.165, 1.54) is 0 Å². The van der Waals surface area contributed by atoms with Crippen LogP contribution in [0.1, 0.15) is 18.4 Å². The fraction of sp³-hybridized carbons (Fsp3) is 0.600. The normalized spacial score (nSPS) is 29.0. The van der Waals surface area contributed by atoms with Crippen LogP contribution in [0.25, 0.3) is 0 Å². The second-order valence-corrected chi connectivity index (χ2v) is 3.74. The molecule has 13 heavy (non-hydrogen) atoms. The Bertz CT molecular complexity index is 252. The van der Waals surface area contributed by atoms with Crippen LogP contribution in [-0.2, 0) is 6.42 Å². The van der Waals surface area contributed by atoms with Crippen LogP contribution < -0.4 is 5.32 Å². The second-order valence-electron chi connectivity index (χ2n) is 3.74. The third kappa shape index (κ3) is 2.10. The van der Waals surface area contributed by atoms with E-state index >= 15 is 0 Å². The monoisotopic (exact) mass is 183 g/mol. The van der Waals surface area contributed by atoms with Gasteiger partial charge in [0.15, 0.2) is 0 Å². The van der Waals surface area contributed by atoms with Crippen LogP contribution in [-0.4, -0.2) is 18.8 Å². The molecule has 1 unspecified atom stereocenters. The van der Waals surface area contributed by atoms with Gasteiger partial charge >= 0.3 is 0 Å². The first-order chi connectivity index (χ1) is 6.29. The zero-order chi connectivity index (χ0) is 9.15. The number of nitrogens with one attached hydrogen (secondary N) is 1. The molecular formula is C10H14FNO. The number of piperidine rings is 1. The standard InChI is InChI=1S/C10H14FNO/c11-10(3-1-4-12-8-10)6-9-2-5-13-7-9/h2,5,7,12H,1,3-4,6,8H2. The van der Waals surface area contributed by atoms with E-state index in [2.05, 4.69) is 5.32 Å². The quantitative estimate of drug-likeness (QED) is 0.757. The first kappa shape index (κ1) is 8.75. The molecule has 0 aromatic carbocycles. The van der Waals surface area contributed by atoms with Crippen LogP contribution in [0.4, 0.5) is 4.39 Å². The average molecular weight is 183 g/mol. The highest BCUT2D eigenvalue weighted by molar-refractivity contribution is 5.10. The Kier molecular flexibility index (Phi) is 2.36. The van der Waals surface area contributed by atoms with Crippen molar-refractivity contribution in [3.8, 4) is 0 Å². The molecule has 0 saturated carbocycles. The van der Waals surface area contributed by atoms with Crippen LogP contribution in [0.2, 0.25) is 0 Å². The average Bonchev–Trinajstić information content (AvgIpc) is 2.57. The summed E-state index contributed by atoms with van der Waals surface area (Å²) in [5.74, 6) is 0. The number of halogens is 1. The first-order valence-corrected chi connectivity index (χ1v) is 4.69. The molecule has 1 saturated heterocycles. The van der Waals surface area contributed by atoms with Gasteiger partial charge < -0.3 is 9.73 Å². The molecule has 3 heteroatoms. The zero-order valence-corrected chi connectivity index (χ0v) is 7.55. The van der Waals surface area contributed by atoms with Crippen molar-refractivity contribution in [3.05, 3.63) is 24.2 Å². The minimum absolute atomic E-state index is 0.469. The Morgan fingerprint density at radius 3 is 3.15 bits per heavy atom. The summed E-state index contributed by atoms with van der Waals surface area (Å²) < 4.78 is 18.9. The van der Waals surface area contributed by atoms with Crippen LogP contribution >= 0.6 is 0 Å². The lowest BCUT2D eigenvalue weighted by Gasteiger charge is -2.29. The van der Waals surface area contributed by atoms with E-state index in [9.17, 15) is 4.39 Å². The van der Waals surface area contributed by atoms with Crippen LogP contribution in [0.15, 0.2) is 23.0 Å². The van der Waals surface area contributed by atoms with Crippen molar-refractivity contribution in [2.45, 2.75) is 24.9 Å². The van der Waals surface area contributed by atoms with Crippen molar-refractivity contribution < 1.29 is 8.81 Å². The molecule has 1 fully saturated rings. The summed E-state index contributed by atoms with van der Waals surface area (Å²) in [6.07, 6.45) is 5.26. The number of alkyl halides is 1. The van der Waals surface area contributed by atoms with Crippen LogP contribution in [0.3, 0.4) is 0 Å². The fourth-order valence-corrected chi connectivity index (χ4v) is 1.84. The SMILES string of the molecule is FC1(Cc2ccoc2)CCCNC1. The number of hydrogen-bond acceptors (Lipinski definition) is 2. The van der Waals surface area contributed by atoms with E-state index in [0.29, 0.717) is 19.4 Å². The van der Waals surface area contributed by atoms with Gasteiger partial charge in [-0.1, -0.05) is 0 Å². The zero-order valence-electron chi connectivity index (χ0n) is 7.55. The molecule has 1 atom stereocenters. The van der Waals surface area contributed by atoms with Gasteiger partial charge in [-0.2, -0.15) is 0 Å². The summed E-state index contributed by atoms with van der Waals surface area (Å²) in [6, 6.07) is 1.83. The number of furan rings is 1. The van der Waals surface area contributed by atoms with Crippen molar-refractivity contribution in [1.29, 1.82) is 0 Å². The van der Waals surface area contributed by atoms with Crippen LogP contribution in [0.5, 0.6) is 0 Å². The van der Waals surface area contributed by atoms with Gasteiger partial charge in [-0.25, -0.2) is 4.39 Å². The van der Waals surface area contributed by atoms with Crippen molar-refractivity contribution in [2.24, 2.45) is 0 Å². The molecule has 1 aromatic heterocycles. The predicted octanol–water partition coefficient (Wildman–Crippen LogP) is 1.91. The molecule has 1 aliphatic rings. The molecule has 2 nitrogen and oxygen atoms in total. The smallest absolute Gasteiger partial charge is 0.127 e. The topological polar surface area (TPSA) is 25.2 Å². The van der Waals surface area contributed by atoms with Gasteiger partial charge in [0.05, 0.1) is 12.5 Å². The Balaban J connectivity index is 1.99. The minimum atomic E-state index is -1.07. The van der Waals surface area contributed by atoms with Crippen molar-refractivity contribution >= 4 is 0 Å². The minimum Gasteiger partial charge on any atom is -0.472 e. The highest BCUT2D eigenvalue weighted by Crippen LogP contribution is 2.25. The Morgan fingerprint density at radius 1 is 1.62 bits per heavy atom. The number of hydrogen-bond donors (Lipinski definition) is 1. The van der Waals surface area contributed by atoms with Gasteiger partial charge in [0, 0.05) is 13.0 Å². The number of rotatable bonds is 2. The van der Waals surface area contributed by atoms with E-state index in [0.717, 1.165) is 18.5 Å². The molecule has 0 aliphatic carbocycles. The largest absolute Gasteiger partial charge is 0.472 e. The van der Waals surface area contributed by atoms with Gasteiger partial charge in [-0.15, -0.1) is 0 Å². The summed E-state index contributed by atoms with van der Waals surface area (Å²) in [4.78, 5) is 0. The van der Waals surface area contributed by atoms with E-state index < -0.39 is 5.67 Å². The maximum absolute atomic E-state index is 14.0. The molecule has 72 valence electrons. The molecular weight excluding hydrogens is 169 g/mol. The third-order valence-corrected chi connectivity index (χ3v) is 2.52. The van der Waals surface area contributed by atoms with Gasteiger partial charge in [-0.3, -0.25) is 0 Å². The first-order valence-electron chi connectivity index (χ1n) is 4.69.